The number of rotatable bonds is 5. The van der Waals surface area contributed by atoms with Gasteiger partial charge in [0.25, 0.3) is 5.91 Å². The van der Waals surface area contributed by atoms with E-state index in [4.69, 9.17) is 10.5 Å². The highest BCUT2D eigenvalue weighted by molar-refractivity contribution is 7.14. The molecule has 148 valence electrons. The summed E-state index contributed by atoms with van der Waals surface area (Å²) in [5, 5.41) is 2.67. The Hall–Kier alpha value is -2.67. The van der Waals surface area contributed by atoms with Gasteiger partial charge in [-0.25, -0.2) is 4.79 Å². The monoisotopic (exact) mass is 400 g/mol. The van der Waals surface area contributed by atoms with Crippen molar-refractivity contribution in [3.05, 3.63) is 51.2 Å². The van der Waals surface area contributed by atoms with Gasteiger partial charge in [0.05, 0.1) is 0 Å². The van der Waals surface area contributed by atoms with Crippen molar-refractivity contribution in [2.75, 3.05) is 5.32 Å². The minimum Gasteiger partial charge on any atom is -0.448 e. The molecule has 28 heavy (non-hydrogen) atoms. The van der Waals surface area contributed by atoms with E-state index in [9.17, 15) is 14.4 Å². The number of benzene rings is 1. The van der Waals surface area contributed by atoms with Crippen molar-refractivity contribution < 1.29 is 19.1 Å². The zero-order valence-corrected chi connectivity index (χ0v) is 16.6. The Balaban J connectivity index is 1.59. The second-order valence-electron chi connectivity index (χ2n) is 6.95. The lowest BCUT2D eigenvalue weighted by molar-refractivity contribution is -0.123. The van der Waals surface area contributed by atoms with Crippen LogP contribution in [0.2, 0.25) is 0 Å². The number of aryl methyl sites for hydroxylation is 2. The Bertz CT molecular complexity index is 848. The molecule has 1 heterocycles. The van der Waals surface area contributed by atoms with Crippen molar-refractivity contribution in [3.8, 4) is 0 Å². The Morgan fingerprint density at radius 3 is 2.43 bits per heavy atom. The number of esters is 1. The second kappa shape index (κ2) is 9.01. The lowest BCUT2D eigenvalue weighted by Crippen LogP contribution is -2.29. The minimum absolute atomic E-state index is 0.353. The molecule has 1 aromatic heterocycles. The highest BCUT2D eigenvalue weighted by atomic mass is 32.1. The second-order valence-corrected chi connectivity index (χ2v) is 8.09. The molecule has 3 N–H and O–H groups in total. The van der Waals surface area contributed by atoms with E-state index < -0.39 is 23.9 Å². The fraction of sp³-hybridized carbons (Fsp3) is 0.381. The number of primary amides is 1. The predicted molar refractivity (Wildman–Crippen MR) is 109 cm³/mol. The molecule has 0 fully saturated rings. The highest BCUT2D eigenvalue weighted by Crippen LogP contribution is 2.29. The molecule has 1 aliphatic rings. The SMILES string of the molecule is CC(OC(=O)c1cc2c(s1)CCCCCC2)C(=O)Nc1ccc(C(N)=O)cc1. The van der Waals surface area contributed by atoms with E-state index in [1.165, 1.54) is 53.7 Å². The van der Waals surface area contributed by atoms with Crippen LogP contribution in [0.1, 0.15) is 63.1 Å². The number of amides is 2. The van der Waals surface area contributed by atoms with Crippen molar-refractivity contribution in [1.82, 2.24) is 0 Å². The van der Waals surface area contributed by atoms with Crippen LogP contribution in [0.5, 0.6) is 0 Å². The summed E-state index contributed by atoms with van der Waals surface area (Å²) < 4.78 is 5.36. The topological polar surface area (TPSA) is 98.5 Å². The van der Waals surface area contributed by atoms with Gasteiger partial charge >= 0.3 is 5.97 Å². The predicted octanol–water partition coefficient (Wildman–Crippen LogP) is 3.69. The third-order valence-corrected chi connectivity index (χ3v) is 6.00. The zero-order chi connectivity index (χ0) is 20.1. The van der Waals surface area contributed by atoms with Gasteiger partial charge in [-0.2, -0.15) is 0 Å². The summed E-state index contributed by atoms with van der Waals surface area (Å²) >= 11 is 1.48. The average Bonchev–Trinajstić information content (AvgIpc) is 3.04. The summed E-state index contributed by atoms with van der Waals surface area (Å²) in [4.78, 5) is 37.7. The molecule has 1 aromatic carbocycles. The molecular formula is C21H24N2O4S. The molecule has 0 aliphatic heterocycles. The maximum Gasteiger partial charge on any atom is 0.349 e. The van der Waals surface area contributed by atoms with E-state index in [-0.39, 0.29) is 0 Å². The Labute approximate surface area is 168 Å². The van der Waals surface area contributed by atoms with E-state index in [0.717, 1.165) is 25.7 Å². The molecule has 1 atom stereocenters. The fourth-order valence-electron chi connectivity index (χ4n) is 3.18. The maximum absolute atomic E-state index is 12.5. The summed E-state index contributed by atoms with van der Waals surface area (Å²) in [6.07, 6.45) is 5.82. The van der Waals surface area contributed by atoms with Gasteiger partial charge in [-0.1, -0.05) is 12.8 Å². The van der Waals surface area contributed by atoms with Crippen molar-refractivity contribution in [1.29, 1.82) is 0 Å². The van der Waals surface area contributed by atoms with E-state index in [0.29, 0.717) is 16.1 Å². The molecular weight excluding hydrogens is 376 g/mol. The zero-order valence-electron chi connectivity index (χ0n) is 15.8. The Kier molecular flexibility index (Phi) is 6.46. The van der Waals surface area contributed by atoms with Crippen LogP contribution in [0.3, 0.4) is 0 Å². The normalized spacial score (nSPS) is 14.9. The van der Waals surface area contributed by atoms with E-state index in [1.54, 1.807) is 12.1 Å². The third kappa shape index (κ3) is 4.98. The molecule has 0 bridgehead atoms. The number of nitrogens with two attached hydrogens (primary N) is 1. The van der Waals surface area contributed by atoms with Gasteiger partial charge in [-0.3, -0.25) is 9.59 Å². The van der Waals surface area contributed by atoms with Crippen LogP contribution >= 0.6 is 11.3 Å². The number of hydrogen-bond donors (Lipinski definition) is 2. The quantitative estimate of drug-likeness (QED) is 0.748. The van der Waals surface area contributed by atoms with Crippen molar-refractivity contribution in [2.24, 2.45) is 5.73 Å². The van der Waals surface area contributed by atoms with Crippen LogP contribution in [-0.4, -0.2) is 23.9 Å². The molecule has 7 heteroatoms. The van der Waals surface area contributed by atoms with Crippen LogP contribution in [0.15, 0.2) is 30.3 Å². The first kappa shape index (κ1) is 20.1. The van der Waals surface area contributed by atoms with Crippen LogP contribution in [0.25, 0.3) is 0 Å². The van der Waals surface area contributed by atoms with E-state index >= 15 is 0 Å². The number of fused-ring (bicyclic) bond motifs is 1. The van der Waals surface area contributed by atoms with Crippen LogP contribution in [0.4, 0.5) is 5.69 Å². The Morgan fingerprint density at radius 1 is 1.07 bits per heavy atom. The molecule has 0 spiro atoms. The third-order valence-electron chi connectivity index (χ3n) is 4.79. The molecule has 6 nitrogen and oxygen atoms in total. The first-order valence-electron chi connectivity index (χ1n) is 9.47. The summed E-state index contributed by atoms with van der Waals surface area (Å²) in [5.41, 5.74) is 7.28. The smallest absolute Gasteiger partial charge is 0.349 e. The first-order valence-corrected chi connectivity index (χ1v) is 10.3. The summed E-state index contributed by atoms with van der Waals surface area (Å²) in [7, 11) is 0. The summed E-state index contributed by atoms with van der Waals surface area (Å²) in [6.45, 7) is 1.54. The number of ether oxygens (including phenoxy) is 1. The van der Waals surface area contributed by atoms with Gasteiger partial charge in [0, 0.05) is 16.1 Å². The molecule has 1 aliphatic carbocycles. The van der Waals surface area contributed by atoms with Gasteiger partial charge in [0.15, 0.2) is 6.10 Å². The lowest BCUT2D eigenvalue weighted by atomic mass is 10.00. The van der Waals surface area contributed by atoms with Gasteiger partial charge < -0.3 is 15.8 Å². The van der Waals surface area contributed by atoms with Crippen molar-refractivity contribution in [2.45, 2.75) is 51.6 Å². The van der Waals surface area contributed by atoms with E-state index in [2.05, 4.69) is 5.32 Å². The fourth-order valence-corrected chi connectivity index (χ4v) is 4.32. The molecule has 2 amide bonds. The van der Waals surface area contributed by atoms with Crippen molar-refractivity contribution >= 4 is 34.8 Å². The molecule has 2 aromatic rings. The number of thiophene rings is 1. The van der Waals surface area contributed by atoms with Crippen LogP contribution < -0.4 is 11.1 Å². The van der Waals surface area contributed by atoms with Gasteiger partial charge in [-0.05, 0) is 68.5 Å². The molecule has 3 rings (SSSR count). The van der Waals surface area contributed by atoms with Gasteiger partial charge in [0.1, 0.15) is 4.88 Å². The first-order chi connectivity index (χ1) is 13.4. The molecule has 0 saturated carbocycles. The average molecular weight is 400 g/mol. The van der Waals surface area contributed by atoms with E-state index in [1.807, 2.05) is 6.07 Å². The van der Waals surface area contributed by atoms with Crippen LogP contribution in [-0.2, 0) is 22.4 Å². The largest absolute Gasteiger partial charge is 0.448 e. The number of hydrogen-bond acceptors (Lipinski definition) is 5. The molecule has 0 saturated heterocycles. The summed E-state index contributed by atoms with van der Waals surface area (Å²) in [6, 6.07) is 8.12. The number of carbonyl (C=O) groups is 3. The van der Waals surface area contributed by atoms with Gasteiger partial charge in [-0.15, -0.1) is 11.3 Å². The number of carbonyl (C=O) groups excluding carboxylic acids is 3. The Morgan fingerprint density at radius 2 is 1.75 bits per heavy atom. The number of anilines is 1. The van der Waals surface area contributed by atoms with Crippen molar-refractivity contribution in [3.63, 3.8) is 0 Å². The maximum atomic E-state index is 12.5. The highest BCUT2D eigenvalue weighted by Gasteiger charge is 2.22. The van der Waals surface area contributed by atoms with Crippen LogP contribution in [0, 0.1) is 0 Å². The molecule has 1 unspecified atom stereocenters. The standard InChI is InChI=1S/C21H24N2O4S/c1-13(20(25)23-16-10-8-14(9-11-16)19(22)24)27-21(26)18-12-15-6-4-2-3-5-7-17(15)28-18/h8-13H,2-7H2,1H3,(H2,22,24)(H,23,25). The van der Waals surface area contributed by atoms with Gasteiger partial charge in [0.2, 0.25) is 5.91 Å². The molecule has 0 radical (unpaired) electrons. The number of nitrogens with one attached hydrogen (secondary N) is 1. The summed E-state index contributed by atoms with van der Waals surface area (Å²) in [5.74, 6) is -1.44. The minimum atomic E-state index is -0.937. The lowest BCUT2D eigenvalue weighted by Gasteiger charge is -2.13.